The summed E-state index contributed by atoms with van der Waals surface area (Å²) < 4.78 is 5.54. The van der Waals surface area contributed by atoms with Crippen molar-refractivity contribution >= 4 is 11.8 Å². The van der Waals surface area contributed by atoms with Crippen molar-refractivity contribution in [3.63, 3.8) is 0 Å². The highest BCUT2D eigenvalue weighted by atomic mass is 16.6. The highest BCUT2D eigenvalue weighted by Gasteiger charge is 2.29. The zero-order chi connectivity index (χ0) is 15.0. The molecule has 0 fully saturated rings. The van der Waals surface area contributed by atoms with Crippen molar-refractivity contribution in [1.29, 1.82) is 0 Å². The van der Waals surface area contributed by atoms with Gasteiger partial charge in [0.15, 0.2) is 0 Å². The fourth-order valence-corrected chi connectivity index (χ4v) is 2.59. The molecule has 0 radical (unpaired) electrons. The summed E-state index contributed by atoms with van der Waals surface area (Å²) in [6.45, 7) is 6.19. The van der Waals surface area contributed by atoms with Gasteiger partial charge in [-0.2, -0.15) is 0 Å². The quantitative estimate of drug-likeness (QED) is 0.705. The number of carbonyl (C=O) groups is 1. The van der Waals surface area contributed by atoms with Gasteiger partial charge in [-0.3, -0.25) is 4.90 Å². The lowest BCUT2D eigenvalue weighted by Crippen LogP contribution is -2.38. The fourth-order valence-electron chi connectivity index (χ4n) is 2.59. The molecule has 3 nitrogen and oxygen atoms in total. The Labute approximate surface area is 125 Å². The smallest absolute Gasteiger partial charge is 0.415 e. The monoisotopic (exact) mass is 281 g/mol. The van der Waals surface area contributed by atoms with E-state index in [0.717, 1.165) is 16.8 Å². The number of fused-ring (bicyclic) bond motifs is 3. The molecule has 108 valence electrons. The SMILES string of the molecule is CC(C)(C)OC(=O)N1Cc2ccccc2-c2ccccc21. The number of ether oxygens (including phenoxy) is 1. The number of hydrogen-bond acceptors (Lipinski definition) is 2. The number of amides is 1. The third-order valence-corrected chi connectivity index (χ3v) is 3.44. The van der Waals surface area contributed by atoms with E-state index in [-0.39, 0.29) is 6.09 Å². The number of anilines is 1. The van der Waals surface area contributed by atoms with Gasteiger partial charge in [0.05, 0.1) is 12.2 Å². The molecule has 0 spiro atoms. The Hall–Kier alpha value is -2.29. The van der Waals surface area contributed by atoms with Crippen molar-refractivity contribution in [2.75, 3.05) is 4.90 Å². The molecule has 0 aromatic heterocycles. The van der Waals surface area contributed by atoms with Crippen LogP contribution in [0.5, 0.6) is 0 Å². The van der Waals surface area contributed by atoms with Gasteiger partial charge in [-0.05, 0) is 38.0 Å². The van der Waals surface area contributed by atoms with Crippen molar-refractivity contribution in [2.45, 2.75) is 32.9 Å². The van der Waals surface area contributed by atoms with Crippen molar-refractivity contribution in [3.05, 3.63) is 54.1 Å². The zero-order valence-corrected chi connectivity index (χ0v) is 12.6. The second kappa shape index (κ2) is 4.92. The fraction of sp³-hybridized carbons (Fsp3) is 0.278. The maximum Gasteiger partial charge on any atom is 0.415 e. The largest absolute Gasteiger partial charge is 0.443 e. The molecule has 1 amide bonds. The maximum atomic E-state index is 12.5. The molecule has 0 unspecified atom stereocenters. The van der Waals surface area contributed by atoms with E-state index < -0.39 is 5.60 Å². The standard InChI is InChI=1S/C18H19NO2/c1-18(2,3)21-17(20)19-12-13-8-4-5-9-14(13)15-10-6-7-11-16(15)19/h4-11H,12H2,1-3H3. The second-order valence-electron chi connectivity index (χ2n) is 6.24. The van der Waals surface area contributed by atoms with Gasteiger partial charge < -0.3 is 4.74 Å². The molecule has 3 rings (SSSR count). The molecular formula is C18H19NO2. The first-order valence-electron chi connectivity index (χ1n) is 7.13. The van der Waals surface area contributed by atoms with Crippen molar-refractivity contribution in [1.82, 2.24) is 0 Å². The molecule has 1 heterocycles. The zero-order valence-electron chi connectivity index (χ0n) is 12.6. The molecule has 0 atom stereocenters. The lowest BCUT2D eigenvalue weighted by atomic mass is 9.94. The van der Waals surface area contributed by atoms with Crippen molar-refractivity contribution in [2.24, 2.45) is 0 Å². The van der Waals surface area contributed by atoms with E-state index >= 15 is 0 Å². The van der Waals surface area contributed by atoms with Gasteiger partial charge >= 0.3 is 6.09 Å². The van der Waals surface area contributed by atoms with Crippen LogP contribution in [0.3, 0.4) is 0 Å². The third kappa shape index (κ3) is 2.64. The van der Waals surface area contributed by atoms with Crippen LogP contribution in [-0.2, 0) is 11.3 Å². The summed E-state index contributed by atoms with van der Waals surface area (Å²) in [5.41, 5.74) is 3.81. The third-order valence-electron chi connectivity index (χ3n) is 3.44. The summed E-state index contributed by atoms with van der Waals surface area (Å²) >= 11 is 0. The summed E-state index contributed by atoms with van der Waals surface area (Å²) in [5.74, 6) is 0. The van der Waals surface area contributed by atoms with Gasteiger partial charge in [0.25, 0.3) is 0 Å². The van der Waals surface area contributed by atoms with Gasteiger partial charge in [-0.15, -0.1) is 0 Å². The van der Waals surface area contributed by atoms with Crippen molar-refractivity contribution < 1.29 is 9.53 Å². The first-order chi connectivity index (χ1) is 9.96. The minimum Gasteiger partial charge on any atom is -0.443 e. The van der Waals surface area contributed by atoms with E-state index in [4.69, 9.17) is 4.74 Å². The molecule has 2 aromatic carbocycles. The predicted molar refractivity (Wildman–Crippen MR) is 84.3 cm³/mol. The number of nitrogens with zero attached hydrogens (tertiary/aromatic N) is 1. The van der Waals surface area contributed by atoms with E-state index in [0.29, 0.717) is 6.54 Å². The van der Waals surface area contributed by atoms with Gasteiger partial charge in [0.1, 0.15) is 5.60 Å². The van der Waals surface area contributed by atoms with Crippen LogP contribution < -0.4 is 4.90 Å². The van der Waals surface area contributed by atoms with Crippen LogP contribution in [0.4, 0.5) is 10.5 Å². The first-order valence-corrected chi connectivity index (χ1v) is 7.13. The van der Waals surface area contributed by atoms with Crippen LogP contribution in [0.1, 0.15) is 26.3 Å². The van der Waals surface area contributed by atoms with E-state index in [1.807, 2.05) is 57.2 Å². The van der Waals surface area contributed by atoms with Gasteiger partial charge in [0.2, 0.25) is 0 Å². The number of hydrogen-bond donors (Lipinski definition) is 0. The number of benzene rings is 2. The van der Waals surface area contributed by atoms with Gasteiger partial charge in [-0.25, -0.2) is 4.79 Å². The lowest BCUT2D eigenvalue weighted by molar-refractivity contribution is 0.0577. The van der Waals surface area contributed by atoms with E-state index in [1.165, 1.54) is 5.56 Å². The molecule has 1 aliphatic heterocycles. The van der Waals surface area contributed by atoms with Crippen LogP contribution in [0.25, 0.3) is 11.1 Å². The maximum absolute atomic E-state index is 12.5. The van der Waals surface area contributed by atoms with Crippen LogP contribution in [0, 0.1) is 0 Å². The predicted octanol–water partition coefficient (Wildman–Crippen LogP) is 4.61. The summed E-state index contributed by atoms with van der Waals surface area (Å²) in [5, 5.41) is 0. The molecule has 0 saturated heterocycles. The summed E-state index contributed by atoms with van der Waals surface area (Å²) in [6.07, 6.45) is -0.301. The molecule has 2 aromatic rings. The Kier molecular flexibility index (Phi) is 3.20. The van der Waals surface area contributed by atoms with Gasteiger partial charge in [0, 0.05) is 5.56 Å². The van der Waals surface area contributed by atoms with E-state index in [2.05, 4.69) is 12.1 Å². The van der Waals surface area contributed by atoms with Crippen LogP contribution in [0.2, 0.25) is 0 Å². The van der Waals surface area contributed by atoms with E-state index in [1.54, 1.807) is 4.90 Å². The highest BCUT2D eigenvalue weighted by Crippen LogP contribution is 2.39. The summed E-state index contributed by atoms with van der Waals surface area (Å²) in [7, 11) is 0. The Morgan fingerprint density at radius 1 is 1.00 bits per heavy atom. The molecule has 1 aliphatic rings. The van der Waals surface area contributed by atoms with E-state index in [9.17, 15) is 4.79 Å². The van der Waals surface area contributed by atoms with Gasteiger partial charge in [-0.1, -0.05) is 42.5 Å². The minimum absolute atomic E-state index is 0.301. The normalized spacial score (nSPS) is 13.4. The van der Waals surface area contributed by atoms with Crippen LogP contribution in [-0.4, -0.2) is 11.7 Å². The Morgan fingerprint density at radius 3 is 2.33 bits per heavy atom. The second-order valence-corrected chi connectivity index (χ2v) is 6.24. The van der Waals surface area contributed by atoms with Crippen LogP contribution in [0.15, 0.2) is 48.5 Å². The topological polar surface area (TPSA) is 29.5 Å². The molecule has 3 heteroatoms. The minimum atomic E-state index is -0.497. The summed E-state index contributed by atoms with van der Waals surface area (Å²) in [6, 6.07) is 16.1. The Bertz CT molecular complexity index is 686. The lowest BCUT2D eigenvalue weighted by Gasteiger charge is -2.32. The number of para-hydroxylation sites is 1. The average Bonchev–Trinajstić information content (AvgIpc) is 2.44. The molecular weight excluding hydrogens is 262 g/mol. The average molecular weight is 281 g/mol. The molecule has 0 N–H and O–H groups in total. The molecule has 21 heavy (non-hydrogen) atoms. The first kappa shape index (κ1) is 13.7. The molecule has 0 saturated carbocycles. The molecule has 0 aliphatic carbocycles. The Morgan fingerprint density at radius 2 is 1.62 bits per heavy atom. The highest BCUT2D eigenvalue weighted by molar-refractivity contribution is 5.96. The number of rotatable bonds is 0. The summed E-state index contributed by atoms with van der Waals surface area (Å²) in [4.78, 5) is 14.2. The Balaban J connectivity index is 2.04. The van der Waals surface area contributed by atoms with Crippen molar-refractivity contribution in [3.8, 4) is 11.1 Å². The number of carbonyl (C=O) groups excluding carboxylic acids is 1. The van der Waals surface area contributed by atoms with Crippen LogP contribution >= 0.6 is 0 Å². The molecule has 0 bridgehead atoms.